The van der Waals surface area contributed by atoms with E-state index in [0.29, 0.717) is 15.7 Å². The highest BCUT2D eigenvalue weighted by Crippen LogP contribution is 2.31. The van der Waals surface area contributed by atoms with Crippen molar-refractivity contribution in [2.24, 2.45) is 0 Å². The number of benzene rings is 2. The molecule has 7 heteroatoms. The first kappa shape index (κ1) is 18.1. The predicted molar refractivity (Wildman–Crippen MR) is 106 cm³/mol. The number of aromatic nitrogens is 2. The molecule has 1 unspecified atom stereocenters. The monoisotopic (exact) mass is 393 g/mol. The number of imidazole rings is 1. The van der Waals surface area contributed by atoms with Gasteiger partial charge in [-0.3, -0.25) is 4.79 Å². The SMILES string of the molecule is CCn1c(SC(C)C(=O)Nc2cccc(Cl)c2Cl)nc2ccccc21. The maximum Gasteiger partial charge on any atom is 0.237 e. The summed E-state index contributed by atoms with van der Waals surface area (Å²) in [5.41, 5.74) is 2.51. The zero-order valence-corrected chi connectivity index (χ0v) is 16.1. The first-order chi connectivity index (χ1) is 12.0. The third kappa shape index (κ3) is 3.78. The Morgan fingerprint density at radius 1 is 1.24 bits per heavy atom. The van der Waals surface area contributed by atoms with Gasteiger partial charge in [-0.2, -0.15) is 0 Å². The van der Waals surface area contributed by atoms with Crippen molar-refractivity contribution in [3.63, 3.8) is 0 Å². The Morgan fingerprint density at radius 3 is 2.76 bits per heavy atom. The Morgan fingerprint density at radius 2 is 2.00 bits per heavy atom. The van der Waals surface area contributed by atoms with Gasteiger partial charge < -0.3 is 9.88 Å². The number of carbonyl (C=O) groups is 1. The number of aryl methyl sites for hydroxylation is 1. The second-order valence-electron chi connectivity index (χ2n) is 5.48. The molecule has 2 aromatic carbocycles. The molecule has 1 N–H and O–H groups in total. The molecule has 4 nitrogen and oxygen atoms in total. The minimum Gasteiger partial charge on any atom is -0.324 e. The number of para-hydroxylation sites is 2. The van der Waals surface area contributed by atoms with E-state index in [1.807, 2.05) is 31.2 Å². The molecule has 0 saturated carbocycles. The van der Waals surface area contributed by atoms with Gasteiger partial charge in [0.2, 0.25) is 5.91 Å². The molecular weight excluding hydrogens is 377 g/mol. The van der Waals surface area contributed by atoms with Crippen molar-refractivity contribution >= 4 is 57.6 Å². The van der Waals surface area contributed by atoms with E-state index in [1.165, 1.54) is 11.8 Å². The molecule has 0 aliphatic heterocycles. The zero-order valence-electron chi connectivity index (χ0n) is 13.8. The highest BCUT2D eigenvalue weighted by atomic mass is 35.5. The summed E-state index contributed by atoms with van der Waals surface area (Å²) in [5.74, 6) is -0.149. The maximum atomic E-state index is 12.5. The standard InChI is InChI=1S/C18H17Cl2N3OS/c1-3-23-15-10-5-4-8-13(15)22-18(23)25-11(2)17(24)21-14-9-6-7-12(19)16(14)20/h4-11H,3H2,1-2H3,(H,21,24). The van der Waals surface area contributed by atoms with Crippen LogP contribution >= 0.6 is 35.0 Å². The number of fused-ring (bicyclic) bond motifs is 1. The number of thioether (sulfide) groups is 1. The lowest BCUT2D eigenvalue weighted by Gasteiger charge is -2.13. The number of halogens is 2. The molecular formula is C18H17Cl2N3OS. The van der Waals surface area contributed by atoms with Crippen LogP contribution in [0.3, 0.4) is 0 Å². The molecule has 1 amide bonds. The predicted octanol–water partition coefficient (Wildman–Crippen LogP) is 5.48. The summed E-state index contributed by atoms with van der Waals surface area (Å²) in [6.45, 7) is 4.70. The lowest BCUT2D eigenvalue weighted by molar-refractivity contribution is -0.115. The number of carbonyl (C=O) groups excluding carboxylic acids is 1. The number of nitrogens with zero attached hydrogens (tertiary/aromatic N) is 2. The van der Waals surface area contributed by atoms with E-state index in [2.05, 4.69) is 21.8 Å². The summed E-state index contributed by atoms with van der Waals surface area (Å²) in [6.07, 6.45) is 0. The van der Waals surface area contributed by atoms with Gasteiger partial charge in [0.05, 0.1) is 32.0 Å². The van der Waals surface area contributed by atoms with Gasteiger partial charge in [0.15, 0.2) is 5.16 Å². The summed E-state index contributed by atoms with van der Waals surface area (Å²) in [7, 11) is 0. The fourth-order valence-electron chi connectivity index (χ4n) is 2.50. The number of anilines is 1. The molecule has 0 aliphatic rings. The van der Waals surface area contributed by atoms with Gasteiger partial charge in [0.25, 0.3) is 0 Å². The molecule has 0 bridgehead atoms. The maximum absolute atomic E-state index is 12.5. The fraction of sp³-hybridized carbons (Fsp3) is 0.222. The summed E-state index contributed by atoms with van der Waals surface area (Å²) in [6, 6.07) is 13.1. The van der Waals surface area contributed by atoms with Crippen molar-refractivity contribution in [2.45, 2.75) is 30.8 Å². The van der Waals surface area contributed by atoms with E-state index in [1.54, 1.807) is 18.2 Å². The first-order valence-electron chi connectivity index (χ1n) is 7.88. The van der Waals surface area contributed by atoms with Crippen molar-refractivity contribution in [2.75, 3.05) is 5.32 Å². The van der Waals surface area contributed by atoms with E-state index in [-0.39, 0.29) is 11.2 Å². The average molecular weight is 394 g/mol. The molecule has 1 aromatic heterocycles. The number of hydrogen-bond acceptors (Lipinski definition) is 3. The Labute approximate surface area is 160 Å². The van der Waals surface area contributed by atoms with Gasteiger partial charge in [0.1, 0.15) is 0 Å². The highest BCUT2D eigenvalue weighted by molar-refractivity contribution is 8.00. The molecule has 1 heterocycles. The topological polar surface area (TPSA) is 46.9 Å². The Balaban J connectivity index is 1.79. The van der Waals surface area contributed by atoms with E-state index in [4.69, 9.17) is 23.2 Å². The van der Waals surface area contributed by atoms with Crippen molar-refractivity contribution in [1.82, 2.24) is 9.55 Å². The third-order valence-corrected chi connectivity index (χ3v) is 5.71. The van der Waals surface area contributed by atoms with E-state index < -0.39 is 0 Å². The van der Waals surface area contributed by atoms with Crippen LogP contribution < -0.4 is 5.32 Å². The number of rotatable bonds is 5. The van der Waals surface area contributed by atoms with Crippen molar-refractivity contribution < 1.29 is 4.79 Å². The zero-order chi connectivity index (χ0) is 18.0. The molecule has 25 heavy (non-hydrogen) atoms. The van der Waals surface area contributed by atoms with Gasteiger partial charge in [-0.05, 0) is 38.1 Å². The largest absolute Gasteiger partial charge is 0.324 e. The van der Waals surface area contributed by atoms with Gasteiger partial charge in [-0.25, -0.2) is 4.98 Å². The van der Waals surface area contributed by atoms with Gasteiger partial charge >= 0.3 is 0 Å². The minimum atomic E-state index is -0.336. The van der Waals surface area contributed by atoms with Crippen LogP contribution in [0.2, 0.25) is 10.0 Å². The van der Waals surface area contributed by atoms with Crippen LogP contribution in [-0.2, 0) is 11.3 Å². The molecule has 0 aliphatic carbocycles. The summed E-state index contributed by atoms with van der Waals surface area (Å²) in [5, 5.41) is 4.07. The molecule has 0 radical (unpaired) electrons. The van der Waals surface area contributed by atoms with Crippen LogP contribution in [0.1, 0.15) is 13.8 Å². The van der Waals surface area contributed by atoms with Gasteiger partial charge in [-0.1, -0.05) is 53.2 Å². The number of amides is 1. The summed E-state index contributed by atoms with van der Waals surface area (Å²) in [4.78, 5) is 17.2. The Bertz CT molecular complexity index is 926. The molecule has 130 valence electrons. The van der Waals surface area contributed by atoms with Crippen LogP contribution in [0.5, 0.6) is 0 Å². The first-order valence-corrected chi connectivity index (χ1v) is 9.51. The lowest BCUT2D eigenvalue weighted by Crippen LogP contribution is -2.23. The molecule has 3 aromatic rings. The average Bonchev–Trinajstić information content (AvgIpc) is 2.95. The van der Waals surface area contributed by atoms with Crippen molar-refractivity contribution in [3.8, 4) is 0 Å². The Hall–Kier alpha value is -1.69. The lowest BCUT2D eigenvalue weighted by atomic mass is 10.3. The van der Waals surface area contributed by atoms with Crippen LogP contribution in [0.25, 0.3) is 11.0 Å². The second kappa shape index (κ2) is 7.68. The van der Waals surface area contributed by atoms with Crippen LogP contribution in [0.4, 0.5) is 5.69 Å². The number of hydrogen-bond donors (Lipinski definition) is 1. The van der Waals surface area contributed by atoms with Crippen LogP contribution in [0.15, 0.2) is 47.6 Å². The van der Waals surface area contributed by atoms with Crippen molar-refractivity contribution in [1.29, 1.82) is 0 Å². The van der Waals surface area contributed by atoms with Gasteiger partial charge in [0, 0.05) is 6.54 Å². The summed E-state index contributed by atoms with van der Waals surface area (Å²) < 4.78 is 2.11. The molecule has 0 fully saturated rings. The van der Waals surface area contributed by atoms with Crippen LogP contribution in [-0.4, -0.2) is 20.7 Å². The Kier molecular flexibility index (Phi) is 5.57. The molecule has 0 spiro atoms. The normalized spacial score (nSPS) is 12.3. The minimum absolute atomic E-state index is 0.149. The second-order valence-corrected chi connectivity index (χ2v) is 7.57. The highest BCUT2D eigenvalue weighted by Gasteiger charge is 2.20. The van der Waals surface area contributed by atoms with Crippen molar-refractivity contribution in [3.05, 3.63) is 52.5 Å². The summed E-state index contributed by atoms with van der Waals surface area (Å²) >= 11 is 13.5. The number of nitrogens with one attached hydrogen (secondary N) is 1. The smallest absolute Gasteiger partial charge is 0.237 e. The molecule has 3 rings (SSSR count). The van der Waals surface area contributed by atoms with E-state index >= 15 is 0 Å². The molecule has 1 atom stereocenters. The third-order valence-electron chi connectivity index (χ3n) is 3.80. The quantitative estimate of drug-likeness (QED) is 0.583. The fourth-order valence-corrected chi connectivity index (χ4v) is 3.83. The van der Waals surface area contributed by atoms with E-state index in [0.717, 1.165) is 22.7 Å². The van der Waals surface area contributed by atoms with Crippen LogP contribution in [0, 0.1) is 0 Å². The van der Waals surface area contributed by atoms with Gasteiger partial charge in [-0.15, -0.1) is 0 Å². The molecule has 0 saturated heterocycles. The van der Waals surface area contributed by atoms with E-state index in [9.17, 15) is 4.79 Å².